The molecule has 0 bridgehead atoms. The maximum Gasteiger partial charge on any atom is 0.240 e. The van der Waals surface area contributed by atoms with Crippen molar-refractivity contribution >= 4 is 21.7 Å². The van der Waals surface area contributed by atoms with Crippen LogP contribution in [0.2, 0.25) is 0 Å². The van der Waals surface area contributed by atoms with Gasteiger partial charge in [0.1, 0.15) is 17.6 Å². The maximum absolute atomic E-state index is 12.3. The molecule has 0 saturated carbocycles. The first kappa shape index (κ1) is 22.4. The van der Waals surface area contributed by atoms with Crippen LogP contribution in [-0.2, 0) is 21.3 Å². The third-order valence-electron chi connectivity index (χ3n) is 4.54. The molecule has 10 nitrogen and oxygen atoms in total. The number of benzene rings is 1. The number of sulfonamides is 1. The first-order valence-corrected chi connectivity index (χ1v) is 11.0. The van der Waals surface area contributed by atoms with Gasteiger partial charge in [0.2, 0.25) is 16.0 Å². The molecular formula is C20H23N7O3S. The van der Waals surface area contributed by atoms with Crippen LogP contribution in [0.1, 0.15) is 18.3 Å². The molecule has 2 N–H and O–H groups in total. The van der Waals surface area contributed by atoms with Crippen LogP contribution in [0.15, 0.2) is 41.6 Å². The Morgan fingerprint density at radius 1 is 1.19 bits per heavy atom. The number of rotatable bonds is 9. The Labute approximate surface area is 181 Å². The summed E-state index contributed by atoms with van der Waals surface area (Å²) in [5.41, 5.74) is 2.14. The SMILES string of the molecule is CCn1c(-c2nc(Nc3ccc(S(=O)(=O)NCCOC)cc3)ncc2C#N)cnc1C. The number of aromatic nitrogens is 4. The third kappa shape index (κ3) is 5.05. The lowest BCUT2D eigenvalue weighted by Gasteiger charge is -2.11. The van der Waals surface area contributed by atoms with E-state index in [2.05, 4.69) is 31.1 Å². The van der Waals surface area contributed by atoms with E-state index in [0.717, 1.165) is 11.5 Å². The van der Waals surface area contributed by atoms with Crippen LogP contribution < -0.4 is 10.0 Å². The van der Waals surface area contributed by atoms with Gasteiger partial charge in [-0.15, -0.1) is 0 Å². The number of anilines is 2. The molecule has 1 aromatic carbocycles. The van der Waals surface area contributed by atoms with Crippen LogP contribution in [0.4, 0.5) is 11.6 Å². The average molecular weight is 442 g/mol. The van der Waals surface area contributed by atoms with Crippen molar-refractivity contribution in [1.82, 2.24) is 24.2 Å². The molecule has 0 saturated heterocycles. The Morgan fingerprint density at radius 2 is 1.94 bits per heavy atom. The Bertz CT molecular complexity index is 1200. The molecule has 0 aliphatic rings. The highest BCUT2D eigenvalue weighted by Gasteiger charge is 2.16. The summed E-state index contributed by atoms with van der Waals surface area (Å²) in [4.78, 5) is 13.1. The molecule has 0 amide bonds. The van der Waals surface area contributed by atoms with Crippen molar-refractivity contribution < 1.29 is 13.2 Å². The Kier molecular flexibility index (Phi) is 6.96. The van der Waals surface area contributed by atoms with E-state index in [4.69, 9.17) is 4.74 Å². The minimum Gasteiger partial charge on any atom is -0.383 e. The monoisotopic (exact) mass is 441 g/mol. The van der Waals surface area contributed by atoms with Gasteiger partial charge < -0.3 is 14.6 Å². The molecule has 0 aliphatic carbocycles. The van der Waals surface area contributed by atoms with Gasteiger partial charge in [0.05, 0.1) is 35.2 Å². The zero-order valence-electron chi connectivity index (χ0n) is 17.5. The minimum atomic E-state index is -3.61. The predicted octanol–water partition coefficient (Wildman–Crippen LogP) is 2.21. The number of nitriles is 1. The van der Waals surface area contributed by atoms with E-state index in [9.17, 15) is 13.7 Å². The number of hydrogen-bond acceptors (Lipinski definition) is 8. The maximum atomic E-state index is 12.3. The van der Waals surface area contributed by atoms with Crippen molar-refractivity contribution in [3.8, 4) is 17.5 Å². The average Bonchev–Trinajstić information content (AvgIpc) is 3.14. The molecule has 0 atom stereocenters. The summed E-state index contributed by atoms with van der Waals surface area (Å²) in [6, 6.07) is 8.32. The predicted molar refractivity (Wildman–Crippen MR) is 115 cm³/mol. The van der Waals surface area contributed by atoms with E-state index in [1.807, 2.05) is 18.4 Å². The number of nitrogens with one attached hydrogen (secondary N) is 2. The highest BCUT2D eigenvalue weighted by atomic mass is 32.2. The van der Waals surface area contributed by atoms with Crippen molar-refractivity contribution in [3.05, 3.63) is 48.0 Å². The van der Waals surface area contributed by atoms with Crippen molar-refractivity contribution in [1.29, 1.82) is 5.26 Å². The van der Waals surface area contributed by atoms with Crippen LogP contribution in [0, 0.1) is 18.3 Å². The molecule has 0 spiro atoms. The van der Waals surface area contributed by atoms with Crippen LogP contribution in [-0.4, -0.2) is 48.2 Å². The summed E-state index contributed by atoms with van der Waals surface area (Å²) < 4.78 is 33.8. The molecule has 2 aromatic heterocycles. The molecule has 0 unspecified atom stereocenters. The second-order valence-corrected chi connectivity index (χ2v) is 8.31. The summed E-state index contributed by atoms with van der Waals surface area (Å²) in [7, 11) is -2.11. The smallest absolute Gasteiger partial charge is 0.240 e. The molecule has 162 valence electrons. The van der Waals surface area contributed by atoms with Gasteiger partial charge in [-0.25, -0.2) is 28.1 Å². The number of ether oxygens (including phenoxy) is 1. The molecule has 0 fully saturated rings. The van der Waals surface area contributed by atoms with Crippen LogP contribution in [0.3, 0.4) is 0 Å². The summed E-state index contributed by atoms with van der Waals surface area (Å²) >= 11 is 0. The van der Waals surface area contributed by atoms with Crippen molar-refractivity contribution in [2.75, 3.05) is 25.6 Å². The van der Waals surface area contributed by atoms with Gasteiger partial charge in [0.25, 0.3) is 0 Å². The zero-order chi connectivity index (χ0) is 22.4. The quantitative estimate of drug-likeness (QED) is 0.483. The van der Waals surface area contributed by atoms with Crippen LogP contribution >= 0.6 is 0 Å². The van der Waals surface area contributed by atoms with Crippen molar-refractivity contribution in [2.24, 2.45) is 0 Å². The largest absolute Gasteiger partial charge is 0.383 e. The fourth-order valence-electron chi connectivity index (χ4n) is 2.98. The molecule has 31 heavy (non-hydrogen) atoms. The highest BCUT2D eigenvalue weighted by Crippen LogP contribution is 2.24. The minimum absolute atomic E-state index is 0.137. The van der Waals surface area contributed by atoms with E-state index in [1.165, 1.54) is 25.4 Å². The lowest BCUT2D eigenvalue weighted by Crippen LogP contribution is -2.27. The van der Waals surface area contributed by atoms with E-state index in [1.54, 1.807) is 18.3 Å². The lowest BCUT2D eigenvalue weighted by atomic mass is 10.2. The molecule has 2 heterocycles. The Morgan fingerprint density at radius 3 is 2.58 bits per heavy atom. The van der Waals surface area contributed by atoms with Gasteiger partial charge in [0, 0.05) is 25.9 Å². The van der Waals surface area contributed by atoms with Gasteiger partial charge in [0.15, 0.2) is 0 Å². The van der Waals surface area contributed by atoms with E-state index in [-0.39, 0.29) is 24.0 Å². The van der Waals surface area contributed by atoms with E-state index < -0.39 is 10.0 Å². The molecule has 3 rings (SSSR count). The topological polar surface area (TPSA) is 135 Å². The molecule has 11 heteroatoms. The second-order valence-electron chi connectivity index (χ2n) is 6.54. The second kappa shape index (κ2) is 9.65. The summed E-state index contributed by atoms with van der Waals surface area (Å²) in [5.74, 6) is 1.11. The lowest BCUT2D eigenvalue weighted by molar-refractivity contribution is 0.204. The Balaban J connectivity index is 1.84. The summed E-state index contributed by atoms with van der Waals surface area (Å²) in [6.07, 6.45) is 3.13. The molecule has 0 radical (unpaired) electrons. The van der Waals surface area contributed by atoms with E-state index in [0.29, 0.717) is 23.5 Å². The van der Waals surface area contributed by atoms with Gasteiger partial charge >= 0.3 is 0 Å². The highest BCUT2D eigenvalue weighted by molar-refractivity contribution is 7.89. The molecule has 0 aliphatic heterocycles. The number of methoxy groups -OCH3 is 1. The van der Waals surface area contributed by atoms with Crippen molar-refractivity contribution in [2.45, 2.75) is 25.3 Å². The van der Waals surface area contributed by atoms with Gasteiger partial charge in [-0.2, -0.15) is 5.26 Å². The standard InChI is InChI=1S/C20H23N7O3S/c1-4-27-14(2)22-13-18(27)19-15(11-21)12-23-20(26-19)25-16-5-7-17(8-6-16)31(28,29)24-9-10-30-3/h5-8,12-13,24H,4,9-10H2,1-3H3,(H,23,25,26). The summed E-state index contributed by atoms with van der Waals surface area (Å²) in [6.45, 7) is 5.04. The first-order chi connectivity index (χ1) is 14.9. The van der Waals surface area contributed by atoms with Crippen LogP contribution in [0.5, 0.6) is 0 Å². The number of nitrogens with zero attached hydrogens (tertiary/aromatic N) is 5. The first-order valence-electron chi connectivity index (χ1n) is 9.55. The number of aryl methyl sites for hydroxylation is 1. The molecule has 3 aromatic rings. The Hall–Kier alpha value is -3.33. The normalized spacial score (nSPS) is 11.3. The van der Waals surface area contributed by atoms with Gasteiger partial charge in [-0.3, -0.25) is 0 Å². The van der Waals surface area contributed by atoms with Gasteiger partial charge in [-0.05, 0) is 38.1 Å². The summed E-state index contributed by atoms with van der Waals surface area (Å²) in [5, 5.41) is 12.5. The fraction of sp³-hybridized carbons (Fsp3) is 0.300. The number of hydrogen-bond donors (Lipinski definition) is 2. The van der Waals surface area contributed by atoms with Crippen LogP contribution in [0.25, 0.3) is 11.4 Å². The zero-order valence-corrected chi connectivity index (χ0v) is 18.3. The van der Waals surface area contributed by atoms with Crippen molar-refractivity contribution in [3.63, 3.8) is 0 Å². The third-order valence-corrected chi connectivity index (χ3v) is 6.02. The van der Waals surface area contributed by atoms with E-state index >= 15 is 0 Å². The van der Waals surface area contributed by atoms with Gasteiger partial charge in [-0.1, -0.05) is 0 Å². The number of imidazole rings is 1. The molecular weight excluding hydrogens is 418 g/mol. The fourth-order valence-corrected chi connectivity index (χ4v) is 4.00.